The van der Waals surface area contributed by atoms with Gasteiger partial charge in [-0.15, -0.1) is 0 Å². The molecule has 1 fully saturated rings. The van der Waals surface area contributed by atoms with Gasteiger partial charge >= 0.3 is 0 Å². The monoisotopic (exact) mass is 326 g/mol. The van der Waals surface area contributed by atoms with Gasteiger partial charge in [-0.05, 0) is 39.5 Å². The van der Waals surface area contributed by atoms with Crippen molar-refractivity contribution in [3.05, 3.63) is 0 Å². The standard InChI is InChI=1S/C18H34N2O3/c1-4-5-6-7-8-12-15(21)18(2,3)17(23)20-14-11-9-10-13-19-16(14)22/h14-15,21H,4-13H2,1-3H3,(H,19,22)(H,20,23)/t14-,15+/m0/s1. The van der Waals surface area contributed by atoms with Crippen LogP contribution in [-0.2, 0) is 9.59 Å². The van der Waals surface area contributed by atoms with Gasteiger partial charge in [-0.3, -0.25) is 9.59 Å². The van der Waals surface area contributed by atoms with Gasteiger partial charge in [-0.2, -0.15) is 0 Å². The first-order valence-electron chi connectivity index (χ1n) is 9.16. The molecule has 0 spiro atoms. The maximum absolute atomic E-state index is 12.5. The summed E-state index contributed by atoms with van der Waals surface area (Å²) in [5.74, 6) is -0.346. The van der Waals surface area contributed by atoms with Gasteiger partial charge in [0.15, 0.2) is 0 Å². The molecule has 3 N–H and O–H groups in total. The number of carbonyl (C=O) groups is 2. The lowest BCUT2D eigenvalue weighted by molar-refractivity contribution is -0.139. The molecular weight excluding hydrogens is 292 g/mol. The van der Waals surface area contributed by atoms with Crippen molar-refractivity contribution in [1.29, 1.82) is 0 Å². The highest BCUT2D eigenvalue weighted by molar-refractivity contribution is 5.90. The molecule has 5 heteroatoms. The van der Waals surface area contributed by atoms with E-state index in [1.165, 1.54) is 19.3 Å². The summed E-state index contributed by atoms with van der Waals surface area (Å²) in [5, 5.41) is 16.0. The van der Waals surface area contributed by atoms with Gasteiger partial charge in [0.25, 0.3) is 0 Å². The fraction of sp³-hybridized carbons (Fsp3) is 0.889. The summed E-state index contributed by atoms with van der Waals surface area (Å²) in [6.45, 7) is 6.36. The first-order chi connectivity index (χ1) is 10.9. The van der Waals surface area contributed by atoms with Crippen molar-refractivity contribution in [1.82, 2.24) is 10.6 Å². The first-order valence-corrected chi connectivity index (χ1v) is 9.16. The number of hydrogen-bond donors (Lipinski definition) is 3. The Kier molecular flexibility index (Phi) is 8.59. The number of aliphatic hydroxyl groups is 1. The number of amides is 2. The largest absolute Gasteiger partial charge is 0.392 e. The van der Waals surface area contributed by atoms with E-state index in [0.717, 1.165) is 25.7 Å². The normalized spacial score (nSPS) is 20.5. The van der Waals surface area contributed by atoms with E-state index < -0.39 is 17.6 Å². The van der Waals surface area contributed by atoms with Crippen LogP contribution >= 0.6 is 0 Å². The molecule has 1 saturated heterocycles. The molecule has 1 aliphatic rings. The van der Waals surface area contributed by atoms with Crippen LogP contribution in [0.4, 0.5) is 0 Å². The van der Waals surface area contributed by atoms with E-state index >= 15 is 0 Å². The van der Waals surface area contributed by atoms with Crippen molar-refractivity contribution in [3.63, 3.8) is 0 Å². The van der Waals surface area contributed by atoms with Crippen molar-refractivity contribution >= 4 is 11.8 Å². The van der Waals surface area contributed by atoms with Crippen LogP contribution in [-0.4, -0.2) is 35.6 Å². The Bertz CT molecular complexity index is 382. The number of carbonyl (C=O) groups excluding carboxylic acids is 2. The van der Waals surface area contributed by atoms with Crippen molar-refractivity contribution in [2.45, 2.75) is 90.7 Å². The van der Waals surface area contributed by atoms with Crippen molar-refractivity contribution < 1.29 is 14.7 Å². The molecule has 1 heterocycles. The predicted octanol–water partition coefficient (Wildman–Crippen LogP) is 2.52. The summed E-state index contributed by atoms with van der Waals surface area (Å²) in [6, 6.07) is -0.471. The molecule has 23 heavy (non-hydrogen) atoms. The summed E-state index contributed by atoms with van der Waals surface area (Å²) in [4.78, 5) is 24.4. The van der Waals surface area contributed by atoms with E-state index in [4.69, 9.17) is 0 Å². The third kappa shape index (κ3) is 6.50. The smallest absolute Gasteiger partial charge is 0.242 e. The number of nitrogens with one attached hydrogen (secondary N) is 2. The minimum atomic E-state index is -0.878. The first kappa shape index (κ1) is 19.9. The fourth-order valence-corrected chi connectivity index (χ4v) is 2.87. The van der Waals surface area contributed by atoms with Crippen LogP contribution in [0.5, 0.6) is 0 Å². The van der Waals surface area contributed by atoms with Gasteiger partial charge in [0, 0.05) is 6.54 Å². The number of aliphatic hydroxyl groups excluding tert-OH is 1. The van der Waals surface area contributed by atoms with Gasteiger partial charge in [0.1, 0.15) is 6.04 Å². The Morgan fingerprint density at radius 3 is 2.70 bits per heavy atom. The molecule has 0 saturated carbocycles. The third-order valence-corrected chi connectivity index (χ3v) is 4.84. The van der Waals surface area contributed by atoms with Gasteiger partial charge in [0.05, 0.1) is 11.5 Å². The Hall–Kier alpha value is -1.10. The Morgan fingerprint density at radius 1 is 1.30 bits per heavy atom. The van der Waals surface area contributed by atoms with Crippen LogP contribution in [0, 0.1) is 5.41 Å². The van der Waals surface area contributed by atoms with E-state index in [-0.39, 0.29) is 11.8 Å². The molecule has 1 aliphatic heterocycles. The molecule has 5 nitrogen and oxygen atoms in total. The van der Waals surface area contributed by atoms with Crippen LogP contribution in [0.1, 0.15) is 78.6 Å². The SMILES string of the molecule is CCCCCCC[C@@H](O)C(C)(C)C(=O)N[C@H]1CCCCNC1=O. The molecule has 0 bridgehead atoms. The van der Waals surface area contributed by atoms with Crippen LogP contribution in [0.2, 0.25) is 0 Å². The molecule has 0 unspecified atom stereocenters. The average molecular weight is 326 g/mol. The second-order valence-corrected chi connectivity index (χ2v) is 7.25. The second kappa shape index (κ2) is 9.91. The summed E-state index contributed by atoms with van der Waals surface area (Å²) >= 11 is 0. The maximum Gasteiger partial charge on any atom is 0.242 e. The highest BCUT2D eigenvalue weighted by atomic mass is 16.3. The summed E-state index contributed by atoms with van der Waals surface area (Å²) in [5.41, 5.74) is -0.878. The summed E-state index contributed by atoms with van der Waals surface area (Å²) < 4.78 is 0. The molecule has 0 radical (unpaired) electrons. The van der Waals surface area contributed by atoms with Crippen molar-refractivity contribution in [3.8, 4) is 0 Å². The molecule has 1 rings (SSSR count). The van der Waals surface area contributed by atoms with Gasteiger partial charge in [-0.25, -0.2) is 0 Å². The third-order valence-electron chi connectivity index (χ3n) is 4.84. The molecule has 0 aliphatic carbocycles. The maximum atomic E-state index is 12.5. The zero-order chi connectivity index (χ0) is 17.3. The second-order valence-electron chi connectivity index (χ2n) is 7.25. The molecule has 2 atom stereocenters. The fourth-order valence-electron chi connectivity index (χ4n) is 2.87. The molecule has 134 valence electrons. The summed E-state index contributed by atoms with van der Waals surface area (Å²) in [6.07, 6.45) is 8.09. The van der Waals surface area contributed by atoms with Gasteiger partial charge < -0.3 is 15.7 Å². The van der Waals surface area contributed by atoms with E-state index in [1.54, 1.807) is 13.8 Å². The average Bonchev–Trinajstić information content (AvgIpc) is 2.71. The van der Waals surface area contributed by atoms with Crippen LogP contribution < -0.4 is 10.6 Å². The van der Waals surface area contributed by atoms with E-state index in [1.807, 2.05) is 0 Å². The molecule has 2 amide bonds. The van der Waals surface area contributed by atoms with Crippen LogP contribution in [0.25, 0.3) is 0 Å². The minimum Gasteiger partial charge on any atom is -0.392 e. The van der Waals surface area contributed by atoms with Crippen LogP contribution in [0.15, 0.2) is 0 Å². The lowest BCUT2D eigenvalue weighted by atomic mass is 9.82. The molecule has 0 aromatic rings. The number of rotatable bonds is 9. The predicted molar refractivity (Wildman–Crippen MR) is 92.0 cm³/mol. The molecular formula is C18H34N2O3. The molecule has 0 aromatic carbocycles. The highest BCUT2D eigenvalue weighted by Gasteiger charge is 2.37. The Balaban J connectivity index is 2.46. The quantitative estimate of drug-likeness (QED) is 0.570. The molecule has 0 aromatic heterocycles. The zero-order valence-corrected chi connectivity index (χ0v) is 15.0. The Labute approximate surface area is 140 Å². The van der Waals surface area contributed by atoms with E-state index in [9.17, 15) is 14.7 Å². The lowest BCUT2D eigenvalue weighted by Gasteiger charge is -2.31. The van der Waals surface area contributed by atoms with E-state index in [2.05, 4.69) is 17.6 Å². The summed E-state index contributed by atoms with van der Waals surface area (Å²) in [7, 11) is 0. The van der Waals surface area contributed by atoms with Gasteiger partial charge in [-0.1, -0.05) is 39.0 Å². The van der Waals surface area contributed by atoms with Crippen LogP contribution in [0.3, 0.4) is 0 Å². The van der Waals surface area contributed by atoms with E-state index in [0.29, 0.717) is 19.4 Å². The number of hydrogen-bond acceptors (Lipinski definition) is 3. The highest BCUT2D eigenvalue weighted by Crippen LogP contribution is 2.26. The minimum absolute atomic E-state index is 0.110. The van der Waals surface area contributed by atoms with Gasteiger partial charge in [0.2, 0.25) is 11.8 Å². The van der Waals surface area contributed by atoms with Crippen molar-refractivity contribution in [2.75, 3.05) is 6.54 Å². The number of unbranched alkanes of at least 4 members (excludes halogenated alkanes) is 4. The zero-order valence-electron chi connectivity index (χ0n) is 15.0. The Morgan fingerprint density at radius 2 is 2.00 bits per heavy atom. The topological polar surface area (TPSA) is 78.4 Å². The lowest BCUT2D eigenvalue weighted by Crippen LogP contribution is -2.52. The van der Waals surface area contributed by atoms with Crippen molar-refractivity contribution in [2.24, 2.45) is 5.41 Å².